The zero-order valence-corrected chi connectivity index (χ0v) is 17.3. The number of hydrogen-bond acceptors (Lipinski definition) is 6. The Kier molecular flexibility index (Phi) is 6.87. The minimum absolute atomic E-state index is 0.124. The van der Waals surface area contributed by atoms with Crippen LogP contribution >= 0.6 is 11.6 Å². The molecule has 156 valence electrons. The Labute approximate surface area is 179 Å². The predicted octanol–water partition coefficient (Wildman–Crippen LogP) is 3.66. The number of non-ortho nitro benzene ring substituents is 1. The minimum atomic E-state index is -0.531. The third kappa shape index (κ3) is 5.06. The van der Waals surface area contributed by atoms with Crippen molar-refractivity contribution in [3.63, 3.8) is 0 Å². The summed E-state index contributed by atoms with van der Waals surface area (Å²) in [6.07, 6.45) is 0.899. The van der Waals surface area contributed by atoms with E-state index in [-0.39, 0.29) is 22.7 Å². The molecule has 1 atom stereocenters. The maximum atomic E-state index is 12.7. The van der Waals surface area contributed by atoms with Gasteiger partial charge in [0, 0.05) is 44.0 Å². The van der Waals surface area contributed by atoms with Gasteiger partial charge in [0.15, 0.2) is 0 Å². The molecule has 1 aliphatic rings. The quantitative estimate of drug-likeness (QED) is 0.577. The highest BCUT2D eigenvalue weighted by Crippen LogP contribution is 2.27. The fourth-order valence-electron chi connectivity index (χ4n) is 3.45. The highest BCUT2D eigenvalue weighted by Gasteiger charge is 2.25. The number of nitriles is 1. The second-order valence-corrected chi connectivity index (χ2v) is 7.53. The monoisotopic (exact) mass is 427 g/mol. The van der Waals surface area contributed by atoms with Gasteiger partial charge in [0.1, 0.15) is 0 Å². The Morgan fingerprint density at radius 2 is 1.93 bits per heavy atom. The zero-order chi connectivity index (χ0) is 21.7. The van der Waals surface area contributed by atoms with Gasteiger partial charge in [-0.05, 0) is 43.7 Å². The molecule has 0 saturated carbocycles. The molecule has 3 rings (SSSR count). The molecule has 2 aromatic rings. The van der Waals surface area contributed by atoms with Gasteiger partial charge in [0.05, 0.1) is 33.3 Å². The minimum Gasteiger partial charge on any atom is -0.370 e. The van der Waals surface area contributed by atoms with E-state index in [1.54, 1.807) is 0 Å². The summed E-state index contributed by atoms with van der Waals surface area (Å²) >= 11 is 6.08. The van der Waals surface area contributed by atoms with Crippen LogP contribution in [0.2, 0.25) is 5.02 Å². The second-order valence-electron chi connectivity index (χ2n) is 7.12. The number of halogens is 1. The number of rotatable bonds is 5. The number of nitrogens with one attached hydrogen (secondary N) is 1. The van der Waals surface area contributed by atoms with Gasteiger partial charge in [0.2, 0.25) is 5.91 Å². The first-order valence-electron chi connectivity index (χ1n) is 9.63. The second kappa shape index (κ2) is 9.57. The van der Waals surface area contributed by atoms with Crippen LogP contribution in [-0.4, -0.2) is 48.0 Å². The van der Waals surface area contributed by atoms with E-state index < -0.39 is 4.92 Å². The summed E-state index contributed by atoms with van der Waals surface area (Å²) in [6.45, 7) is 4.96. The van der Waals surface area contributed by atoms with Gasteiger partial charge in [-0.3, -0.25) is 19.8 Å². The average Bonchev–Trinajstić information content (AvgIpc) is 3.00. The molecule has 1 N–H and O–H groups in total. The molecule has 1 fully saturated rings. The van der Waals surface area contributed by atoms with Gasteiger partial charge in [-0.2, -0.15) is 5.26 Å². The Hall–Kier alpha value is -3.15. The SMILES string of the molecule is CC(C(=O)Nc1ccc([N+](=O)[O-])cc1Cl)N1CCCN(c2ccc(C#N)cc2)CC1. The van der Waals surface area contributed by atoms with Crippen LogP contribution in [-0.2, 0) is 4.79 Å². The number of hydrogen-bond donors (Lipinski definition) is 1. The van der Waals surface area contributed by atoms with Crippen LogP contribution in [0.4, 0.5) is 17.1 Å². The zero-order valence-electron chi connectivity index (χ0n) is 16.5. The summed E-state index contributed by atoms with van der Waals surface area (Å²) < 4.78 is 0. The normalized spacial score (nSPS) is 15.7. The Morgan fingerprint density at radius 1 is 1.20 bits per heavy atom. The molecule has 1 heterocycles. The lowest BCUT2D eigenvalue weighted by Crippen LogP contribution is -2.44. The van der Waals surface area contributed by atoms with E-state index in [1.807, 2.05) is 31.2 Å². The summed E-state index contributed by atoms with van der Waals surface area (Å²) in [5.74, 6) is -0.211. The molecule has 9 heteroatoms. The first kappa shape index (κ1) is 21.6. The lowest BCUT2D eigenvalue weighted by atomic mass is 10.2. The van der Waals surface area contributed by atoms with Crippen molar-refractivity contribution in [1.82, 2.24) is 4.90 Å². The summed E-state index contributed by atoms with van der Waals surface area (Å²) in [6, 6.07) is 13.2. The summed E-state index contributed by atoms with van der Waals surface area (Å²) in [7, 11) is 0. The number of benzene rings is 2. The summed E-state index contributed by atoms with van der Waals surface area (Å²) in [5.41, 5.74) is 1.92. The molecule has 1 aliphatic heterocycles. The van der Waals surface area contributed by atoms with Gasteiger partial charge < -0.3 is 10.2 Å². The van der Waals surface area contributed by atoms with Crippen molar-refractivity contribution in [3.05, 3.63) is 63.2 Å². The highest BCUT2D eigenvalue weighted by atomic mass is 35.5. The molecule has 0 aromatic heterocycles. The largest absolute Gasteiger partial charge is 0.370 e. The number of carbonyl (C=O) groups excluding carboxylic acids is 1. The van der Waals surface area contributed by atoms with Crippen LogP contribution in [0.15, 0.2) is 42.5 Å². The molecule has 0 bridgehead atoms. The van der Waals surface area contributed by atoms with Crippen LogP contribution in [0.5, 0.6) is 0 Å². The Bertz CT molecular complexity index is 974. The smallest absolute Gasteiger partial charge is 0.271 e. The maximum absolute atomic E-state index is 12.7. The fourth-order valence-corrected chi connectivity index (χ4v) is 3.67. The first-order chi connectivity index (χ1) is 14.4. The standard InChI is InChI=1S/C21H22ClN5O3/c1-15(21(28)24-20-8-7-18(27(29)30)13-19(20)22)25-9-2-10-26(12-11-25)17-5-3-16(14-23)4-6-17/h3-8,13,15H,2,9-12H2,1H3,(H,24,28). The number of nitro benzene ring substituents is 1. The van der Waals surface area contributed by atoms with Gasteiger partial charge in [-0.1, -0.05) is 11.6 Å². The van der Waals surface area contributed by atoms with Gasteiger partial charge in [-0.15, -0.1) is 0 Å². The van der Waals surface area contributed by atoms with Crippen molar-refractivity contribution in [3.8, 4) is 6.07 Å². The van der Waals surface area contributed by atoms with Crippen molar-refractivity contribution < 1.29 is 9.72 Å². The molecular weight excluding hydrogens is 406 g/mol. The third-order valence-electron chi connectivity index (χ3n) is 5.24. The van der Waals surface area contributed by atoms with E-state index in [0.717, 1.165) is 31.7 Å². The number of nitrogens with zero attached hydrogens (tertiary/aromatic N) is 4. The van der Waals surface area contributed by atoms with Gasteiger partial charge in [0.25, 0.3) is 5.69 Å². The van der Waals surface area contributed by atoms with Gasteiger partial charge in [-0.25, -0.2) is 0 Å². The van der Waals surface area contributed by atoms with E-state index in [4.69, 9.17) is 16.9 Å². The molecule has 1 saturated heterocycles. The molecular formula is C21H22ClN5O3. The summed E-state index contributed by atoms with van der Waals surface area (Å²) in [4.78, 5) is 27.4. The van der Waals surface area contributed by atoms with Crippen molar-refractivity contribution >= 4 is 34.6 Å². The van der Waals surface area contributed by atoms with Crippen molar-refractivity contribution in [1.29, 1.82) is 5.26 Å². The van der Waals surface area contributed by atoms with Crippen molar-refractivity contribution in [2.24, 2.45) is 0 Å². The van der Waals surface area contributed by atoms with Crippen molar-refractivity contribution in [2.45, 2.75) is 19.4 Å². The van der Waals surface area contributed by atoms with Crippen LogP contribution in [0.25, 0.3) is 0 Å². The number of carbonyl (C=O) groups is 1. The Balaban J connectivity index is 1.61. The third-order valence-corrected chi connectivity index (χ3v) is 5.55. The number of nitro groups is 1. The first-order valence-corrected chi connectivity index (χ1v) is 10.0. The van der Waals surface area contributed by atoms with Crippen LogP contribution in [0.1, 0.15) is 18.9 Å². The van der Waals surface area contributed by atoms with Gasteiger partial charge >= 0.3 is 0 Å². The Morgan fingerprint density at radius 3 is 2.57 bits per heavy atom. The number of anilines is 2. The molecule has 2 aromatic carbocycles. The summed E-state index contributed by atoms with van der Waals surface area (Å²) in [5, 5.41) is 22.7. The maximum Gasteiger partial charge on any atom is 0.271 e. The molecule has 1 unspecified atom stereocenters. The molecule has 8 nitrogen and oxygen atoms in total. The lowest BCUT2D eigenvalue weighted by molar-refractivity contribution is -0.384. The average molecular weight is 428 g/mol. The lowest BCUT2D eigenvalue weighted by Gasteiger charge is -2.27. The molecule has 1 amide bonds. The van der Waals surface area contributed by atoms with E-state index in [2.05, 4.69) is 21.2 Å². The fraction of sp³-hybridized carbons (Fsp3) is 0.333. The number of amides is 1. The highest BCUT2D eigenvalue weighted by molar-refractivity contribution is 6.34. The van der Waals surface area contributed by atoms with E-state index in [0.29, 0.717) is 17.8 Å². The van der Waals surface area contributed by atoms with Crippen LogP contribution in [0.3, 0.4) is 0 Å². The topological polar surface area (TPSA) is 103 Å². The van der Waals surface area contributed by atoms with E-state index in [9.17, 15) is 14.9 Å². The molecule has 0 spiro atoms. The van der Waals surface area contributed by atoms with Crippen LogP contribution in [0, 0.1) is 21.4 Å². The molecule has 0 aliphatic carbocycles. The van der Waals surface area contributed by atoms with Crippen LogP contribution < -0.4 is 10.2 Å². The molecule has 30 heavy (non-hydrogen) atoms. The predicted molar refractivity (Wildman–Crippen MR) is 116 cm³/mol. The van der Waals surface area contributed by atoms with E-state index in [1.165, 1.54) is 18.2 Å². The van der Waals surface area contributed by atoms with Crippen molar-refractivity contribution in [2.75, 3.05) is 36.4 Å². The molecule has 0 radical (unpaired) electrons. The van der Waals surface area contributed by atoms with E-state index >= 15 is 0 Å².